The Labute approximate surface area is 105 Å². The van der Waals surface area contributed by atoms with Gasteiger partial charge in [0.05, 0.1) is 13.7 Å². The van der Waals surface area contributed by atoms with Crippen LogP contribution in [0.4, 0.5) is 4.79 Å². The Kier molecular flexibility index (Phi) is 6.77. The van der Waals surface area contributed by atoms with Crippen molar-refractivity contribution in [3.05, 3.63) is 0 Å². The quantitative estimate of drug-likeness (QED) is 0.519. The average molecular weight is 262 g/mol. The standard InChI is InChI=1S/C11H18O7/c1-5-16-9(13)11(3,6-17-8(2)12)7-18-10(14)15-4/h5-7H2,1-4H3. The van der Waals surface area contributed by atoms with Gasteiger partial charge in [0.25, 0.3) is 0 Å². The largest absolute Gasteiger partial charge is 0.508 e. The van der Waals surface area contributed by atoms with Crippen molar-refractivity contribution < 1.29 is 33.3 Å². The first-order valence-electron chi connectivity index (χ1n) is 5.37. The number of carbonyl (C=O) groups excluding carboxylic acids is 3. The summed E-state index contributed by atoms with van der Waals surface area (Å²) in [5.74, 6) is -1.15. The summed E-state index contributed by atoms with van der Waals surface area (Å²) in [5, 5.41) is 0. The highest BCUT2D eigenvalue weighted by atomic mass is 16.7. The molecule has 0 amide bonds. The van der Waals surface area contributed by atoms with E-state index >= 15 is 0 Å². The highest BCUT2D eigenvalue weighted by Gasteiger charge is 2.38. The lowest BCUT2D eigenvalue weighted by atomic mass is 9.93. The summed E-state index contributed by atoms with van der Waals surface area (Å²) in [5.41, 5.74) is -1.25. The van der Waals surface area contributed by atoms with Crippen molar-refractivity contribution in [3.8, 4) is 0 Å². The van der Waals surface area contributed by atoms with E-state index in [0.717, 1.165) is 7.11 Å². The van der Waals surface area contributed by atoms with Crippen LogP contribution in [0.3, 0.4) is 0 Å². The first-order valence-corrected chi connectivity index (χ1v) is 5.37. The summed E-state index contributed by atoms with van der Waals surface area (Å²) in [6.45, 7) is 3.96. The maximum atomic E-state index is 11.7. The van der Waals surface area contributed by atoms with Gasteiger partial charge in [0.1, 0.15) is 18.6 Å². The van der Waals surface area contributed by atoms with Crippen molar-refractivity contribution in [2.45, 2.75) is 20.8 Å². The summed E-state index contributed by atoms with van der Waals surface area (Å²) >= 11 is 0. The third-order valence-electron chi connectivity index (χ3n) is 2.04. The first kappa shape index (κ1) is 16.2. The van der Waals surface area contributed by atoms with Gasteiger partial charge >= 0.3 is 18.1 Å². The van der Waals surface area contributed by atoms with Gasteiger partial charge < -0.3 is 18.9 Å². The Morgan fingerprint density at radius 1 is 1.06 bits per heavy atom. The van der Waals surface area contributed by atoms with Crippen molar-refractivity contribution >= 4 is 18.1 Å². The summed E-state index contributed by atoms with van der Waals surface area (Å²) in [7, 11) is 1.15. The number of methoxy groups -OCH3 is 1. The van der Waals surface area contributed by atoms with Crippen LogP contribution in [-0.4, -0.2) is 45.0 Å². The topological polar surface area (TPSA) is 88.1 Å². The zero-order valence-corrected chi connectivity index (χ0v) is 11.0. The lowest BCUT2D eigenvalue weighted by Gasteiger charge is -2.25. The predicted octanol–water partition coefficient (Wildman–Crippen LogP) is 0.902. The van der Waals surface area contributed by atoms with E-state index in [4.69, 9.17) is 14.2 Å². The molecule has 1 atom stereocenters. The van der Waals surface area contributed by atoms with E-state index < -0.39 is 23.5 Å². The Morgan fingerprint density at radius 2 is 1.61 bits per heavy atom. The molecule has 1 unspecified atom stereocenters. The van der Waals surface area contributed by atoms with Gasteiger partial charge in [-0.1, -0.05) is 0 Å². The Bertz CT molecular complexity index is 313. The molecule has 0 aliphatic heterocycles. The second kappa shape index (κ2) is 7.52. The van der Waals surface area contributed by atoms with Crippen LogP contribution < -0.4 is 0 Å². The van der Waals surface area contributed by atoms with E-state index in [1.807, 2.05) is 0 Å². The second-order valence-electron chi connectivity index (χ2n) is 3.80. The molecule has 0 N–H and O–H groups in total. The first-order chi connectivity index (χ1) is 8.35. The molecule has 0 heterocycles. The molecule has 18 heavy (non-hydrogen) atoms. The lowest BCUT2D eigenvalue weighted by molar-refractivity contribution is -0.164. The SMILES string of the molecule is CCOC(=O)C(C)(COC(C)=O)COC(=O)OC. The third kappa shape index (κ3) is 5.51. The Balaban J connectivity index is 4.62. The molecule has 7 nitrogen and oxygen atoms in total. The van der Waals surface area contributed by atoms with E-state index in [-0.39, 0.29) is 19.8 Å². The maximum absolute atomic E-state index is 11.7. The smallest absolute Gasteiger partial charge is 0.465 e. The summed E-state index contributed by atoms with van der Waals surface area (Å²) in [6, 6.07) is 0. The van der Waals surface area contributed by atoms with Crippen LogP contribution >= 0.6 is 0 Å². The lowest BCUT2D eigenvalue weighted by Crippen LogP contribution is -2.40. The van der Waals surface area contributed by atoms with Crippen molar-refractivity contribution in [1.29, 1.82) is 0 Å². The number of hydrogen-bond donors (Lipinski definition) is 0. The zero-order chi connectivity index (χ0) is 14.2. The van der Waals surface area contributed by atoms with Crippen molar-refractivity contribution in [3.63, 3.8) is 0 Å². The minimum Gasteiger partial charge on any atom is -0.465 e. The molecule has 0 saturated carbocycles. The fourth-order valence-corrected chi connectivity index (χ4v) is 1.00. The van der Waals surface area contributed by atoms with Crippen LogP contribution in [0, 0.1) is 5.41 Å². The van der Waals surface area contributed by atoms with Crippen LogP contribution in [0.5, 0.6) is 0 Å². The van der Waals surface area contributed by atoms with Gasteiger partial charge in [-0.3, -0.25) is 9.59 Å². The van der Waals surface area contributed by atoms with Crippen molar-refractivity contribution in [2.75, 3.05) is 26.9 Å². The molecule has 7 heteroatoms. The number of carbonyl (C=O) groups is 3. The summed E-state index contributed by atoms with van der Waals surface area (Å²) in [6.07, 6.45) is -0.923. The van der Waals surface area contributed by atoms with E-state index in [9.17, 15) is 14.4 Å². The molecule has 0 saturated heterocycles. The van der Waals surface area contributed by atoms with E-state index in [1.54, 1.807) is 6.92 Å². The van der Waals surface area contributed by atoms with Gasteiger partial charge in [-0.2, -0.15) is 0 Å². The number of rotatable bonds is 6. The number of ether oxygens (including phenoxy) is 4. The van der Waals surface area contributed by atoms with Crippen LogP contribution in [-0.2, 0) is 28.5 Å². The molecule has 0 rings (SSSR count). The Hall–Kier alpha value is -1.79. The molecule has 0 aromatic heterocycles. The molecular weight excluding hydrogens is 244 g/mol. The third-order valence-corrected chi connectivity index (χ3v) is 2.04. The van der Waals surface area contributed by atoms with Crippen LogP contribution in [0.2, 0.25) is 0 Å². The molecule has 0 aromatic carbocycles. The van der Waals surface area contributed by atoms with Gasteiger partial charge in [-0.15, -0.1) is 0 Å². The zero-order valence-electron chi connectivity index (χ0n) is 11.0. The van der Waals surface area contributed by atoms with Gasteiger partial charge in [0.15, 0.2) is 0 Å². The number of esters is 2. The molecule has 0 fully saturated rings. The highest BCUT2D eigenvalue weighted by molar-refractivity contribution is 5.77. The fourth-order valence-electron chi connectivity index (χ4n) is 1.00. The van der Waals surface area contributed by atoms with Gasteiger partial charge in [-0.05, 0) is 13.8 Å². The monoisotopic (exact) mass is 262 g/mol. The fraction of sp³-hybridized carbons (Fsp3) is 0.727. The minimum atomic E-state index is -1.25. The Morgan fingerprint density at radius 3 is 2.06 bits per heavy atom. The van der Waals surface area contributed by atoms with Crippen LogP contribution in [0.1, 0.15) is 20.8 Å². The second-order valence-corrected chi connectivity index (χ2v) is 3.80. The molecule has 0 radical (unpaired) electrons. The summed E-state index contributed by atoms with van der Waals surface area (Å²) < 4.78 is 18.6. The molecule has 104 valence electrons. The summed E-state index contributed by atoms with van der Waals surface area (Å²) in [4.78, 5) is 33.4. The molecular formula is C11H18O7. The molecule has 0 aliphatic carbocycles. The van der Waals surface area contributed by atoms with E-state index in [2.05, 4.69) is 4.74 Å². The minimum absolute atomic E-state index is 0.173. The normalized spacial score (nSPS) is 13.1. The van der Waals surface area contributed by atoms with Crippen LogP contribution in [0.25, 0.3) is 0 Å². The molecule has 0 spiro atoms. The van der Waals surface area contributed by atoms with Gasteiger partial charge in [0.2, 0.25) is 0 Å². The van der Waals surface area contributed by atoms with Crippen molar-refractivity contribution in [2.24, 2.45) is 5.41 Å². The van der Waals surface area contributed by atoms with Crippen LogP contribution in [0.15, 0.2) is 0 Å². The van der Waals surface area contributed by atoms with E-state index in [1.165, 1.54) is 13.8 Å². The van der Waals surface area contributed by atoms with Gasteiger partial charge in [0, 0.05) is 6.92 Å². The molecule has 0 aliphatic rings. The molecule has 0 bridgehead atoms. The predicted molar refractivity (Wildman–Crippen MR) is 59.7 cm³/mol. The van der Waals surface area contributed by atoms with E-state index in [0.29, 0.717) is 0 Å². The van der Waals surface area contributed by atoms with Gasteiger partial charge in [-0.25, -0.2) is 4.79 Å². The highest BCUT2D eigenvalue weighted by Crippen LogP contribution is 2.20. The molecule has 0 aromatic rings. The number of hydrogen-bond acceptors (Lipinski definition) is 7. The average Bonchev–Trinajstić information content (AvgIpc) is 2.33. The van der Waals surface area contributed by atoms with Crippen molar-refractivity contribution in [1.82, 2.24) is 0 Å². The maximum Gasteiger partial charge on any atom is 0.508 e.